The number of nitrogens with zero attached hydrogens (tertiary/aromatic N) is 1. The molecule has 0 bridgehead atoms. The van der Waals surface area contributed by atoms with Crippen LogP contribution in [-0.2, 0) is 0 Å². The molecule has 0 spiro atoms. The van der Waals surface area contributed by atoms with Gasteiger partial charge in [-0.05, 0) is 35.9 Å². The molecule has 0 saturated heterocycles. The minimum absolute atomic E-state index is 0.110. The van der Waals surface area contributed by atoms with E-state index in [0.29, 0.717) is 10.4 Å². The van der Waals surface area contributed by atoms with Crippen LogP contribution in [-0.4, -0.2) is 6.36 Å². The average Bonchev–Trinajstić information content (AvgIpc) is 2.79. The second kappa shape index (κ2) is 4.82. The zero-order chi connectivity index (χ0) is 14.0. The standard InChI is InChI=1S/C12H7F3N2OS/c13-12(14,15)18-10-3-1-7(5-9(10)17)11-4-2-8(6-16)19-11/h1-5H,17H2. The van der Waals surface area contributed by atoms with E-state index in [1.165, 1.54) is 23.5 Å². The lowest BCUT2D eigenvalue weighted by Crippen LogP contribution is -2.17. The highest BCUT2D eigenvalue weighted by molar-refractivity contribution is 7.16. The van der Waals surface area contributed by atoms with Crippen LogP contribution in [0, 0.1) is 11.3 Å². The van der Waals surface area contributed by atoms with Crippen LogP contribution in [0.5, 0.6) is 5.75 Å². The monoisotopic (exact) mass is 284 g/mol. The van der Waals surface area contributed by atoms with E-state index in [1.807, 2.05) is 6.07 Å². The lowest BCUT2D eigenvalue weighted by atomic mass is 10.1. The van der Waals surface area contributed by atoms with Crippen LogP contribution >= 0.6 is 11.3 Å². The molecule has 0 unspecified atom stereocenters. The summed E-state index contributed by atoms with van der Waals surface area (Å²) in [5.41, 5.74) is 6.05. The van der Waals surface area contributed by atoms with Gasteiger partial charge in [-0.2, -0.15) is 5.26 Å². The molecule has 1 heterocycles. The summed E-state index contributed by atoms with van der Waals surface area (Å²) in [6, 6.07) is 9.34. The van der Waals surface area contributed by atoms with Gasteiger partial charge in [0.2, 0.25) is 0 Å². The number of nitrogen functional groups attached to an aromatic ring is 1. The molecule has 19 heavy (non-hydrogen) atoms. The van der Waals surface area contributed by atoms with Gasteiger partial charge in [-0.15, -0.1) is 24.5 Å². The molecule has 0 saturated carbocycles. The first kappa shape index (κ1) is 13.2. The molecule has 0 fully saturated rings. The third kappa shape index (κ3) is 3.17. The second-order valence-corrected chi connectivity index (χ2v) is 4.66. The fraction of sp³-hybridized carbons (Fsp3) is 0.0833. The molecule has 0 radical (unpaired) electrons. The van der Waals surface area contributed by atoms with Gasteiger partial charge in [-0.25, -0.2) is 0 Å². The van der Waals surface area contributed by atoms with Gasteiger partial charge in [0.1, 0.15) is 10.9 Å². The molecule has 0 amide bonds. The summed E-state index contributed by atoms with van der Waals surface area (Å²) in [5, 5.41) is 8.71. The van der Waals surface area contributed by atoms with Crippen LogP contribution in [0.2, 0.25) is 0 Å². The van der Waals surface area contributed by atoms with Gasteiger partial charge in [0.05, 0.1) is 5.69 Å². The Hall–Kier alpha value is -2.20. The largest absolute Gasteiger partial charge is 0.573 e. The van der Waals surface area contributed by atoms with Crippen molar-refractivity contribution in [3.05, 3.63) is 35.2 Å². The van der Waals surface area contributed by atoms with Gasteiger partial charge in [-0.3, -0.25) is 0 Å². The van der Waals surface area contributed by atoms with Gasteiger partial charge < -0.3 is 10.5 Å². The third-order valence-corrected chi connectivity index (χ3v) is 3.28. The Labute approximate surface area is 110 Å². The van der Waals surface area contributed by atoms with E-state index in [0.717, 1.165) is 10.9 Å². The molecule has 2 rings (SSSR count). The molecule has 98 valence electrons. The van der Waals surface area contributed by atoms with E-state index in [1.54, 1.807) is 12.1 Å². The zero-order valence-electron chi connectivity index (χ0n) is 9.36. The van der Waals surface area contributed by atoms with Crippen molar-refractivity contribution in [3.8, 4) is 22.3 Å². The smallest absolute Gasteiger partial charge is 0.404 e. The van der Waals surface area contributed by atoms with Crippen LogP contribution in [0.1, 0.15) is 4.88 Å². The number of thiophene rings is 1. The van der Waals surface area contributed by atoms with Gasteiger partial charge in [0.25, 0.3) is 0 Å². The number of benzene rings is 1. The van der Waals surface area contributed by atoms with Crippen molar-refractivity contribution in [3.63, 3.8) is 0 Å². The highest BCUT2D eigenvalue weighted by Gasteiger charge is 2.31. The maximum absolute atomic E-state index is 12.1. The van der Waals surface area contributed by atoms with Gasteiger partial charge in [-0.1, -0.05) is 0 Å². The first-order valence-corrected chi connectivity index (χ1v) is 5.86. The Kier molecular flexibility index (Phi) is 3.36. The molecule has 2 N–H and O–H groups in total. The summed E-state index contributed by atoms with van der Waals surface area (Å²) in [6.45, 7) is 0. The van der Waals surface area contributed by atoms with Crippen LogP contribution in [0.4, 0.5) is 18.9 Å². The quantitative estimate of drug-likeness (QED) is 0.854. The molecule has 0 aliphatic carbocycles. The molecule has 2 aromatic rings. The molecular formula is C12H7F3N2OS. The summed E-state index contributed by atoms with van der Waals surface area (Å²) in [4.78, 5) is 1.27. The predicted molar refractivity (Wildman–Crippen MR) is 65.6 cm³/mol. The van der Waals surface area contributed by atoms with E-state index in [-0.39, 0.29) is 5.69 Å². The summed E-state index contributed by atoms with van der Waals surface area (Å²) in [5.74, 6) is -0.437. The SMILES string of the molecule is N#Cc1ccc(-c2ccc(OC(F)(F)F)c(N)c2)s1. The number of nitrogens with two attached hydrogens (primary N) is 1. The number of nitriles is 1. The summed E-state index contributed by atoms with van der Waals surface area (Å²) in [7, 11) is 0. The fourth-order valence-corrected chi connectivity index (χ4v) is 2.27. The molecule has 1 aromatic carbocycles. The van der Waals surface area contributed by atoms with E-state index in [2.05, 4.69) is 4.74 Å². The van der Waals surface area contributed by atoms with Crippen LogP contribution < -0.4 is 10.5 Å². The van der Waals surface area contributed by atoms with E-state index in [9.17, 15) is 13.2 Å². The van der Waals surface area contributed by atoms with E-state index >= 15 is 0 Å². The second-order valence-electron chi connectivity index (χ2n) is 3.58. The summed E-state index contributed by atoms with van der Waals surface area (Å²) in [6.07, 6.45) is -4.77. The summed E-state index contributed by atoms with van der Waals surface area (Å²) >= 11 is 1.23. The fourth-order valence-electron chi connectivity index (χ4n) is 1.47. The van der Waals surface area contributed by atoms with Crippen LogP contribution in [0.25, 0.3) is 10.4 Å². The van der Waals surface area contributed by atoms with Crippen molar-refractivity contribution in [1.29, 1.82) is 5.26 Å². The topological polar surface area (TPSA) is 59.0 Å². The Bertz CT molecular complexity index is 643. The van der Waals surface area contributed by atoms with E-state index < -0.39 is 12.1 Å². The normalized spacial score (nSPS) is 11.1. The van der Waals surface area contributed by atoms with Crippen molar-refractivity contribution >= 4 is 17.0 Å². The Morgan fingerprint density at radius 3 is 2.47 bits per heavy atom. The number of ether oxygens (including phenoxy) is 1. The number of rotatable bonds is 2. The molecule has 0 aliphatic rings. The highest BCUT2D eigenvalue weighted by Crippen LogP contribution is 2.34. The van der Waals surface area contributed by atoms with Crippen molar-refractivity contribution in [2.24, 2.45) is 0 Å². The third-order valence-electron chi connectivity index (χ3n) is 2.24. The van der Waals surface area contributed by atoms with Crippen molar-refractivity contribution in [2.75, 3.05) is 5.73 Å². The minimum atomic E-state index is -4.77. The Morgan fingerprint density at radius 1 is 1.21 bits per heavy atom. The average molecular weight is 284 g/mol. The predicted octanol–water partition coefficient (Wildman–Crippen LogP) is 3.77. The maximum atomic E-state index is 12.1. The first-order chi connectivity index (χ1) is 8.89. The molecular weight excluding hydrogens is 277 g/mol. The van der Waals surface area contributed by atoms with E-state index in [4.69, 9.17) is 11.0 Å². The number of anilines is 1. The Balaban J connectivity index is 2.31. The molecule has 7 heteroatoms. The van der Waals surface area contributed by atoms with Crippen molar-refractivity contribution < 1.29 is 17.9 Å². The van der Waals surface area contributed by atoms with Crippen LogP contribution in [0.15, 0.2) is 30.3 Å². The van der Waals surface area contributed by atoms with Gasteiger partial charge in [0, 0.05) is 4.88 Å². The highest BCUT2D eigenvalue weighted by atomic mass is 32.1. The molecule has 1 aromatic heterocycles. The Morgan fingerprint density at radius 2 is 1.95 bits per heavy atom. The molecule has 3 nitrogen and oxygen atoms in total. The maximum Gasteiger partial charge on any atom is 0.573 e. The first-order valence-electron chi connectivity index (χ1n) is 5.04. The molecule has 0 atom stereocenters. The summed E-state index contributed by atoms with van der Waals surface area (Å²) < 4.78 is 40.0. The van der Waals surface area contributed by atoms with Crippen LogP contribution in [0.3, 0.4) is 0 Å². The molecule has 0 aliphatic heterocycles. The lowest BCUT2D eigenvalue weighted by Gasteiger charge is -2.11. The number of alkyl halides is 3. The lowest BCUT2D eigenvalue weighted by molar-refractivity contribution is -0.274. The van der Waals surface area contributed by atoms with Crippen molar-refractivity contribution in [1.82, 2.24) is 0 Å². The number of hydrogen-bond acceptors (Lipinski definition) is 4. The minimum Gasteiger partial charge on any atom is -0.404 e. The zero-order valence-corrected chi connectivity index (χ0v) is 10.2. The van der Waals surface area contributed by atoms with Gasteiger partial charge >= 0.3 is 6.36 Å². The number of hydrogen-bond donors (Lipinski definition) is 1. The van der Waals surface area contributed by atoms with Gasteiger partial charge in [0.15, 0.2) is 5.75 Å². The van der Waals surface area contributed by atoms with Crippen molar-refractivity contribution in [2.45, 2.75) is 6.36 Å². The number of halogens is 3.